The number of amides is 10. The van der Waals surface area contributed by atoms with E-state index in [1.54, 1.807) is 84.9 Å². The summed E-state index contributed by atoms with van der Waals surface area (Å²) in [4.78, 5) is 148. The monoisotopic (exact) mass is 1170 g/mol. The maximum Gasteiger partial charge on any atom is 0.245 e. The number of hydrogen-bond acceptors (Lipinski definition) is 11. The molecular formula is C63H84N10O10S. The van der Waals surface area contributed by atoms with Gasteiger partial charge in [-0.05, 0) is 74.1 Å². The summed E-state index contributed by atoms with van der Waals surface area (Å²) in [5.74, 6) is -6.42. The zero-order valence-electron chi connectivity index (χ0n) is 49.5. The zero-order valence-corrected chi connectivity index (χ0v) is 50.4. The number of nitrogens with zero attached hydrogens (tertiary/aromatic N) is 4. The molecule has 8 atom stereocenters. The second-order valence-corrected chi connectivity index (χ2v) is 22.4. The fourth-order valence-electron chi connectivity index (χ4n) is 9.78. The minimum Gasteiger partial charge on any atom is -0.354 e. The van der Waals surface area contributed by atoms with Crippen LogP contribution in [0.15, 0.2) is 121 Å². The maximum atomic E-state index is 14.8. The molecule has 10 amide bonds. The van der Waals surface area contributed by atoms with Crippen LogP contribution in [0.3, 0.4) is 0 Å². The van der Waals surface area contributed by atoms with Crippen molar-refractivity contribution in [2.75, 3.05) is 47.0 Å². The highest BCUT2D eigenvalue weighted by Crippen LogP contribution is 2.18. The number of rotatable bonds is 13. The van der Waals surface area contributed by atoms with Gasteiger partial charge < -0.3 is 51.5 Å². The van der Waals surface area contributed by atoms with Crippen LogP contribution in [-0.2, 0) is 73.6 Å². The van der Waals surface area contributed by atoms with E-state index < -0.39 is 108 Å². The van der Waals surface area contributed by atoms with Crippen LogP contribution < -0.4 is 31.9 Å². The fraction of sp³-hybridized carbons (Fsp3) is 0.460. The van der Waals surface area contributed by atoms with Crippen molar-refractivity contribution >= 4 is 71.7 Å². The second kappa shape index (κ2) is 33.3. The molecule has 20 nitrogen and oxygen atoms in total. The Morgan fingerprint density at radius 3 is 1.60 bits per heavy atom. The lowest BCUT2D eigenvalue weighted by Crippen LogP contribution is -2.59. The van der Waals surface area contributed by atoms with Crippen LogP contribution in [0.4, 0.5) is 0 Å². The summed E-state index contributed by atoms with van der Waals surface area (Å²) in [6.45, 7) is 6.27. The molecule has 0 unspecified atom stereocenters. The van der Waals surface area contributed by atoms with E-state index in [4.69, 9.17) is 0 Å². The lowest BCUT2D eigenvalue weighted by atomic mass is 9.98. The molecule has 1 aliphatic rings. The van der Waals surface area contributed by atoms with Gasteiger partial charge in [-0.15, -0.1) is 0 Å². The van der Waals surface area contributed by atoms with Crippen molar-refractivity contribution in [1.82, 2.24) is 51.5 Å². The number of thiol groups is 1. The van der Waals surface area contributed by atoms with Crippen LogP contribution in [0.2, 0.25) is 0 Å². The number of carbonyl (C=O) groups excluding carboxylic acids is 10. The third-order valence-corrected chi connectivity index (χ3v) is 15.4. The maximum absolute atomic E-state index is 14.8. The third-order valence-electron chi connectivity index (χ3n) is 15.0. The van der Waals surface area contributed by atoms with Gasteiger partial charge in [-0.1, -0.05) is 135 Å². The summed E-state index contributed by atoms with van der Waals surface area (Å²) in [6.07, 6.45) is 1.47. The van der Waals surface area contributed by atoms with E-state index in [9.17, 15) is 47.9 Å². The average Bonchev–Trinajstić information content (AvgIpc) is 3.55. The van der Waals surface area contributed by atoms with E-state index in [-0.39, 0.29) is 62.6 Å². The smallest absolute Gasteiger partial charge is 0.245 e. The van der Waals surface area contributed by atoms with Crippen molar-refractivity contribution in [3.63, 3.8) is 0 Å². The van der Waals surface area contributed by atoms with Crippen molar-refractivity contribution in [1.29, 1.82) is 0 Å². The van der Waals surface area contributed by atoms with Crippen LogP contribution in [0, 0.1) is 5.92 Å². The highest BCUT2D eigenvalue weighted by molar-refractivity contribution is 7.80. The second-order valence-electron chi connectivity index (χ2n) is 22.0. The van der Waals surface area contributed by atoms with Gasteiger partial charge in [0.1, 0.15) is 48.3 Å². The Bertz CT molecular complexity index is 2850. The average molecular weight is 1170 g/mol. The molecule has 452 valence electrons. The van der Waals surface area contributed by atoms with E-state index in [1.165, 1.54) is 56.7 Å². The highest BCUT2D eigenvalue weighted by Gasteiger charge is 2.38. The van der Waals surface area contributed by atoms with Crippen molar-refractivity contribution in [2.45, 2.75) is 134 Å². The van der Waals surface area contributed by atoms with Crippen molar-refractivity contribution in [2.24, 2.45) is 5.92 Å². The molecule has 0 spiro atoms. The van der Waals surface area contributed by atoms with Gasteiger partial charge in [0.15, 0.2) is 0 Å². The first kappa shape index (κ1) is 66.7. The summed E-state index contributed by atoms with van der Waals surface area (Å²) < 4.78 is 0. The van der Waals surface area contributed by atoms with E-state index >= 15 is 0 Å². The fourth-order valence-corrected chi connectivity index (χ4v) is 10.0. The van der Waals surface area contributed by atoms with Crippen LogP contribution >= 0.6 is 12.6 Å². The van der Waals surface area contributed by atoms with E-state index in [0.717, 1.165) is 10.5 Å². The normalized spacial score (nSPS) is 23.2. The molecule has 1 heterocycles. The van der Waals surface area contributed by atoms with Crippen LogP contribution in [0.1, 0.15) is 82.1 Å². The number of carbonyl (C=O) groups is 10. The molecule has 1 aliphatic heterocycles. The summed E-state index contributed by atoms with van der Waals surface area (Å²) in [6, 6.07) is 26.8. The molecule has 4 aromatic carbocycles. The molecule has 0 bridgehead atoms. The molecule has 1 saturated heterocycles. The minimum atomic E-state index is -1.24. The predicted molar refractivity (Wildman–Crippen MR) is 324 cm³/mol. The Balaban J connectivity index is 1.51. The first-order valence-electron chi connectivity index (χ1n) is 28.7. The minimum absolute atomic E-state index is 0.0110. The number of aryl methyl sites for hydroxylation is 1. The Kier molecular flexibility index (Phi) is 26.4. The van der Waals surface area contributed by atoms with Crippen molar-refractivity contribution < 1.29 is 47.9 Å². The van der Waals surface area contributed by atoms with Gasteiger partial charge in [-0.25, -0.2) is 0 Å². The Morgan fingerprint density at radius 1 is 0.548 bits per heavy atom. The third kappa shape index (κ3) is 20.4. The molecule has 0 saturated carbocycles. The SMILES string of the molecule is CC(C)C[C@H]1C(=O)N[C@@H](Cc2ccccc2)C(=O)N(C)CC(=O)N(C)[C@@H](Cc2ccccc2)C(=O)N[C@@H](C)C(=O)N(C)[C@@H](C)C(=O)N[C@@H](Cc2ccccc2)C(=O)N[C@@H](CS)C(=O)NCCCC[C@H](NC(=O)CCc2ccccc2)C(=O)N1C. The molecule has 6 N–H and O–H groups in total. The van der Waals surface area contributed by atoms with Crippen LogP contribution in [-0.4, -0.2) is 174 Å². The summed E-state index contributed by atoms with van der Waals surface area (Å²) >= 11 is 4.38. The molecule has 0 radical (unpaired) electrons. The topological polar surface area (TPSA) is 256 Å². The van der Waals surface area contributed by atoms with Crippen LogP contribution in [0.25, 0.3) is 0 Å². The molecule has 4 aromatic rings. The molecule has 5 rings (SSSR count). The van der Waals surface area contributed by atoms with Crippen molar-refractivity contribution in [3.8, 4) is 0 Å². The zero-order chi connectivity index (χ0) is 61.5. The van der Waals surface area contributed by atoms with Gasteiger partial charge in [-0.3, -0.25) is 47.9 Å². The largest absolute Gasteiger partial charge is 0.354 e. The van der Waals surface area contributed by atoms with E-state index in [0.29, 0.717) is 36.0 Å². The van der Waals surface area contributed by atoms with Crippen LogP contribution in [0.5, 0.6) is 0 Å². The Morgan fingerprint density at radius 2 is 1.05 bits per heavy atom. The van der Waals surface area contributed by atoms with Gasteiger partial charge >= 0.3 is 0 Å². The molecule has 1 fully saturated rings. The first-order valence-corrected chi connectivity index (χ1v) is 29.3. The molecule has 0 aliphatic carbocycles. The van der Waals surface area contributed by atoms with E-state index in [1.807, 2.05) is 50.2 Å². The summed E-state index contributed by atoms with van der Waals surface area (Å²) in [7, 11) is 5.70. The lowest BCUT2D eigenvalue weighted by molar-refractivity contribution is -0.146. The first-order chi connectivity index (χ1) is 40.1. The van der Waals surface area contributed by atoms with Gasteiger partial charge in [0.2, 0.25) is 59.1 Å². The van der Waals surface area contributed by atoms with Gasteiger partial charge in [0, 0.05) is 66.2 Å². The number of benzene rings is 4. The molecule has 21 heteroatoms. The Hall–Kier alpha value is -8.07. The Labute approximate surface area is 499 Å². The molecule has 0 aromatic heterocycles. The predicted octanol–water partition coefficient (Wildman–Crippen LogP) is 3.03. The van der Waals surface area contributed by atoms with E-state index in [2.05, 4.69) is 44.5 Å². The lowest BCUT2D eigenvalue weighted by Gasteiger charge is -2.34. The quantitative estimate of drug-likeness (QED) is 0.0964. The number of hydrogen-bond donors (Lipinski definition) is 7. The standard InChI is InChI=1S/C63H84N10O10S/c1-41(2)35-52-60(80)68-50(37-46-27-17-11-18-28-46)62(82)70(5)39-55(75)72(7)53(38-47-29-19-12-20-30-47)59(79)65-42(3)61(81)71(6)43(4)56(76)67-49(36-45-25-15-10-16-26-45)58(78)69-51(40-84)57(77)64-34-22-21-31-48(63(83)73(52)8)66-54(74)33-32-44-23-13-9-14-24-44/h9-20,23-30,41-43,48-53,84H,21-22,31-40H2,1-8H3,(H,64,77)(H,65,79)(H,66,74)(H,67,76)(H,68,80)(H,69,78)/t42-,43-,48-,49-,50-,51-,52-,53-/m0/s1. The summed E-state index contributed by atoms with van der Waals surface area (Å²) in [5.41, 5.74) is 3.00. The van der Waals surface area contributed by atoms with Gasteiger partial charge in [-0.2, -0.15) is 12.6 Å². The molecular weight excluding hydrogens is 1090 g/mol. The number of nitrogens with one attached hydrogen (secondary N) is 6. The van der Waals surface area contributed by atoms with Gasteiger partial charge in [0.25, 0.3) is 0 Å². The van der Waals surface area contributed by atoms with Gasteiger partial charge in [0.05, 0.1) is 6.54 Å². The summed E-state index contributed by atoms with van der Waals surface area (Å²) in [5, 5.41) is 16.9. The van der Waals surface area contributed by atoms with Crippen molar-refractivity contribution in [3.05, 3.63) is 144 Å². The number of likely N-dealkylation sites (N-methyl/N-ethyl adjacent to an activating group) is 4. The highest BCUT2D eigenvalue weighted by atomic mass is 32.1. The molecule has 84 heavy (non-hydrogen) atoms.